The molecular formula is C25H21NO6. The van der Waals surface area contributed by atoms with E-state index in [1.807, 2.05) is 48.5 Å². The first-order valence-electron chi connectivity index (χ1n) is 10.1. The maximum absolute atomic E-state index is 12.4. The van der Waals surface area contributed by atoms with Crippen molar-refractivity contribution in [2.75, 3.05) is 6.61 Å². The molecule has 7 heteroatoms. The molecule has 0 radical (unpaired) electrons. The standard InChI is InChI=1S/C25H21NO6/c27-23(28)16-8-2-1-7-15(16)13-22(24(29)30)26-25(31)32-14-21-19-11-5-3-9-17(19)18-10-4-6-12-20(18)21/h1-12,21-22H,13-14H2,(H,26,31)(H,27,28)(H,29,30)/t22-/m1/s1. The number of fused-ring (bicyclic) bond motifs is 3. The quantitative estimate of drug-likeness (QED) is 0.523. The van der Waals surface area contributed by atoms with Gasteiger partial charge in [0, 0.05) is 12.3 Å². The Balaban J connectivity index is 1.45. The molecule has 0 aromatic heterocycles. The summed E-state index contributed by atoms with van der Waals surface area (Å²) in [5.74, 6) is -2.59. The van der Waals surface area contributed by atoms with Crippen LogP contribution in [-0.4, -0.2) is 40.9 Å². The Bertz CT molecular complexity index is 1140. The molecule has 0 saturated carbocycles. The Morgan fingerprint density at radius 1 is 0.844 bits per heavy atom. The van der Waals surface area contributed by atoms with E-state index in [0.717, 1.165) is 22.3 Å². The molecule has 7 nitrogen and oxygen atoms in total. The van der Waals surface area contributed by atoms with E-state index in [-0.39, 0.29) is 24.5 Å². The van der Waals surface area contributed by atoms with Crippen LogP contribution in [0, 0.1) is 0 Å². The van der Waals surface area contributed by atoms with Crippen LogP contribution in [0.2, 0.25) is 0 Å². The number of carboxylic acids is 2. The van der Waals surface area contributed by atoms with Crippen LogP contribution < -0.4 is 5.32 Å². The van der Waals surface area contributed by atoms with E-state index >= 15 is 0 Å². The van der Waals surface area contributed by atoms with E-state index in [4.69, 9.17) is 4.74 Å². The summed E-state index contributed by atoms with van der Waals surface area (Å²) in [5, 5.41) is 21.2. The van der Waals surface area contributed by atoms with E-state index in [0.29, 0.717) is 5.56 Å². The number of alkyl carbamates (subject to hydrolysis) is 1. The molecule has 0 bridgehead atoms. The lowest BCUT2D eigenvalue weighted by Crippen LogP contribution is -2.43. The maximum atomic E-state index is 12.4. The van der Waals surface area contributed by atoms with Gasteiger partial charge in [0.2, 0.25) is 0 Å². The van der Waals surface area contributed by atoms with E-state index in [9.17, 15) is 24.6 Å². The summed E-state index contributed by atoms with van der Waals surface area (Å²) < 4.78 is 5.41. The Morgan fingerprint density at radius 3 is 2.00 bits per heavy atom. The molecule has 4 rings (SSSR count). The topological polar surface area (TPSA) is 113 Å². The summed E-state index contributed by atoms with van der Waals surface area (Å²) in [5.41, 5.74) is 4.58. The number of aliphatic carboxylic acids is 1. The Kier molecular flexibility index (Phi) is 5.89. The number of carbonyl (C=O) groups excluding carboxylic acids is 1. The van der Waals surface area contributed by atoms with Crippen LogP contribution in [0.3, 0.4) is 0 Å². The molecule has 162 valence electrons. The lowest BCUT2D eigenvalue weighted by Gasteiger charge is -2.18. The smallest absolute Gasteiger partial charge is 0.407 e. The van der Waals surface area contributed by atoms with Crippen molar-refractivity contribution in [3.8, 4) is 11.1 Å². The van der Waals surface area contributed by atoms with Gasteiger partial charge in [-0.3, -0.25) is 0 Å². The van der Waals surface area contributed by atoms with Crippen molar-refractivity contribution in [2.45, 2.75) is 18.4 Å². The van der Waals surface area contributed by atoms with E-state index < -0.39 is 24.1 Å². The minimum absolute atomic E-state index is 0.00640. The Labute approximate surface area is 184 Å². The number of nitrogens with one attached hydrogen (secondary N) is 1. The zero-order valence-corrected chi connectivity index (χ0v) is 17.0. The summed E-state index contributed by atoms with van der Waals surface area (Å²) in [6.45, 7) is 0.0535. The summed E-state index contributed by atoms with van der Waals surface area (Å²) in [6.07, 6.45) is -1.05. The van der Waals surface area contributed by atoms with Gasteiger partial charge in [0.15, 0.2) is 0 Å². The van der Waals surface area contributed by atoms with E-state index in [1.54, 1.807) is 12.1 Å². The molecule has 1 aliphatic rings. The first-order chi connectivity index (χ1) is 15.5. The molecule has 0 saturated heterocycles. The molecule has 3 aromatic rings. The molecule has 3 N–H and O–H groups in total. The molecule has 0 spiro atoms. The predicted octanol–water partition coefficient (Wildman–Crippen LogP) is 3.92. The Hall–Kier alpha value is -4.13. The van der Waals surface area contributed by atoms with Gasteiger partial charge in [0.1, 0.15) is 12.6 Å². The van der Waals surface area contributed by atoms with Gasteiger partial charge in [-0.05, 0) is 33.9 Å². The molecule has 0 unspecified atom stereocenters. The number of ether oxygens (including phenoxy) is 1. The minimum Gasteiger partial charge on any atom is -0.480 e. The predicted molar refractivity (Wildman–Crippen MR) is 117 cm³/mol. The molecular weight excluding hydrogens is 410 g/mol. The van der Waals surface area contributed by atoms with E-state index in [1.165, 1.54) is 12.1 Å². The normalized spacial score (nSPS) is 13.0. The van der Waals surface area contributed by atoms with E-state index in [2.05, 4.69) is 5.32 Å². The van der Waals surface area contributed by atoms with Crippen LogP contribution in [0.25, 0.3) is 11.1 Å². The van der Waals surface area contributed by atoms with Crippen LogP contribution in [0.5, 0.6) is 0 Å². The third-order valence-electron chi connectivity index (χ3n) is 5.61. The molecule has 0 fully saturated rings. The summed E-state index contributed by atoms with van der Waals surface area (Å²) in [4.78, 5) is 35.5. The SMILES string of the molecule is O=C(N[C@H](Cc1ccccc1C(=O)O)C(=O)O)OCC1c2ccccc2-c2ccccc21. The highest BCUT2D eigenvalue weighted by atomic mass is 16.5. The average molecular weight is 431 g/mol. The third kappa shape index (κ3) is 4.18. The number of carbonyl (C=O) groups is 3. The number of carboxylic acid groups (broad SMARTS) is 2. The fraction of sp³-hybridized carbons (Fsp3) is 0.160. The van der Waals surface area contributed by atoms with Gasteiger partial charge in [-0.25, -0.2) is 14.4 Å². The molecule has 3 aromatic carbocycles. The average Bonchev–Trinajstić information content (AvgIpc) is 3.11. The fourth-order valence-corrected chi connectivity index (χ4v) is 4.11. The minimum atomic E-state index is -1.33. The molecule has 0 aliphatic heterocycles. The summed E-state index contributed by atoms with van der Waals surface area (Å²) >= 11 is 0. The van der Waals surface area contributed by atoms with Crippen molar-refractivity contribution in [2.24, 2.45) is 0 Å². The highest BCUT2D eigenvalue weighted by Gasteiger charge is 2.30. The number of amides is 1. The number of hydrogen-bond donors (Lipinski definition) is 3. The molecule has 1 amide bonds. The fourth-order valence-electron chi connectivity index (χ4n) is 4.11. The van der Waals surface area contributed by atoms with Gasteiger partial charge >= 0.3 is 18.0 Å². The monoisotopic (exact) mass is 431 g/mol. The van der Waals surface area contributed by atoms with Gasteiger partial charge in [-0.15, -0.1) is 0 Å². The van der Waals surface area contributed by atoms with Crippen LogP contribution in [0.4, 0.5) is 4.79 Å². The van der Waals surface area contributed by atoms with Crippen molar-refractivity contribution in [1.82, 2.24) is 5.32 Å². The van der Waals surface area contributed by atoms with Crippen molar-refractivity contribution in [3.63, 3.8) is 0 Å². The lowest BCUT2D eigenvalue weighted by molar-refractivity contribution is -0.139. The van der Waals surface area contributed by atoms with Crippen molar-refractivity contribution < 1.29 is 29.3 Å². The van der Waals surface area contributed by atoms with Crippen molar-refractivity contribution in [3.05, 3.63) is 95.1 Å². The second-order valence-corrected chi connectivity index (χ2v) is 7.53. The number of hydrogen-bond acceptors (Lipinski definition) is 4. The van der Waals surface area contributed by atoms with Gasteiger partial charge in [0.05, 0.1) is 5.56 Å². The zero-order valence-electron chi connectivity index (χ0n) is 17.0. The summed E-state index contributed by atoms with van der Waals surface area (Å²) in [6, 6.07) is 20.6. The second kappa shape index (κ2) is 8.93. The first kappa shape index (κ1) is 21.1. The van der Waals surface area contributed by atoms with Crippen LogP contribution >= 0.6 is 0 Å². The van der Waals surface area contributed by atoms with Gasteiger partial charge in [-0.1, -0.05) is 66.7 Å². The lowest BCUT2D eigenvalue weighted by atomic mass is 9.98. The number of aromatic carboxylic acids is 1. The van der Waals surface area contributed by atoms with Gasteiger partial charge in [-0.2, -0.15) is 0 Å². The highest BCUT2D eigenvalue weighted by Crippen LogP contribution is 2.44. The maximum Gasteiger partial charge on any atom is 0.407 e. The zero-order chi connectivity index (χ0) is 22.7. The third-order valence-corrected chi connectivity index (χ3v) is 5.61. The molecule has 1 atom stereocenters. The van der Waals surface area contributed by atoms with Gasteiger partial charge < -0.3 is 20.3 Å². The van der Waals surface area contributed by atoms with Crippen molar-refractivity contribution in [1.29, 1.82) is 0 Å². The van der Waals surface area contributed by atoms with Crippen molar-refractivity contribution >= 4 is 18.0 Å². The second-order valence-electron chi connectivity index (χ2n) is 7.53. The molecule has 0 heterocycles. The van der Waals surface area contributed by atoms with Gasteiger partial charge in [0.25, 0.3) is 0 Å². The van der Waals surface area contributed by atoms with Crippen LogP contribution in [0.1, 0.15) is 33.0 Å². The highest BCUT2D eigenvalue weighted by molar-refractivity contribution is 5.90. The molecule has 1 aliphatic carbocycles. The Morgan fingerprint density at radius 2 is 1.41 bits per heavy atom. The number of rotatable bonds is 7. The number of benzene rings is 3. The van der Waals surface area contributed by atoms with Crippen LogP contribution in [-0.2, 0) is 16.0 Å². The summed E-state index contributed by atoms with van der Waals surface area (Å²) in [7, 11) is 0. The molecule has 32 heavy (non-hydrogen) atoms. The largest absolute Gasteiger partial charge is 0.480 e. The first-order valence-corrected chi connectivity index (χ1v) is 10.1. The van der Waals surface area contributed by atoms with Crippen LogP contribution in [0.15, 0.2) is 72.8 Å².